The van der Waals surface area contributed by atoms with Crippen LogP contribution in [-0.2, 0) is 25.0 Å². The topological polar surface area (TPSA) is 103 Å². The fourth-order valence-corrected chi connectivity index (χ4v) is 4.39. The molecule has 0 saturated heterocycles. The van der Waals surface area contributed by atoms with Gasteiger partial charge in [0.2, 0.25) is 0 Å². The lowest BCUT2D eigenvalue weighted by atomic mass is 10.1. The van der Waals surface area contributed by atoms with Gasteiger partial charge in [-0.25, -0.2) is 18.7 Å². The monoisotopic (exact) mass is 551 g/mol. The average molecular weight is 552 g/mol. The summed E-state index contributed by atoms with van der Waals surface area (Å²) in [6, 6.07) is 5.79. The van der Waals surface area contributed by atoms with Crippen molar-refractivity contribution in [3.8, 4) is 22.8 Å². The van der Waals surface area contributed by atoms with Gasteiger partial charge >= 0.3 is 0 Å². The van der Waals surface area contributed by atoms with Crippen molar-refractivity contribution in [3.63, 3.8) is 0 Å². The molecule has 1 N–H and O–H groups in total. The van der Waals surface area contributed by atoms with Crippen LogP contribution in [-0.4, -0.2) is 29.6 Å². The maximum absolute atomic E-state index is 14.1. The van der Waals surface area contributed by atoms with Gasteiger partial charge < -0.3 is 9.84 Å². The Hall–Kier alpha value is -4.02. The molecule has 200 valence electrons. The van der Waals surface area contributed by atoms with Gasteiger partial charge in [0.1, 0.15) is 34.5 Å². The quantitative estimate of drug-likeness (QED) is 0.353. The van der Waals surface area contributed by atoms with Gasteiger partial charge in [-0.1, -0.05) is 23.8 Å². The molecule has 0 amide bonds. The lowest BCUT2D eigenvalue weighted by Gasteiger charge is -2.19. The van der Waals surface area contributed by atoms with Crippen molar-refractivity contribution in [1.29, 1.82) is 0 Å². The van der Waals surface area contributed by atoms with Crippen LogP contribution < -0.4 is 10.3 Å². The van der Waals surface area contributed by atoms with Crippen LogP contribution in [0, 0.1) is 11.6 Å². The molecule has 4 aromatic heterocycles. The number of allylic oxidation sites excluding steroid dienone is 2. The van der Waals surface area contributed by atoms with Crippen molar-refractivity contribution in [3.05, 3.63) is 105 Å². The van der Waals surface area contributed by atoms with Crippen LogP contribution in [0.5, 0.6) is 5.75 Å². The van der Waals surface area contributed by atoms with Crippen LogP contribution in [0.15, 0.2) is 59.8 Å². The standard InChI is InChI=1S/C28H24ClF2N5O3/c1-28(2,38)27-32-9-8-20(35-27)21-12-23-16(13-33-21)6-4-3-5-7-18-11-24(25(29)26(37)36(18)23)39-15-22-19(31)10-17(30)14-34-22/h3-4,8-14,38H,5-7,15H2,1-2H3/b4-3-. The van der Waals surface area contributed by atoms with Crippen LogP contribution >= 0.6 is 11.6 Å². The number of aromatic nitrogens is 5. The number of hydrogen-bond acceptors (Lipinski definition) is 7. The van der Waals surface area contributed by atoms with Crippen molar-refractivity contribution in [1.82, 2.24) is 24.5 Å². The normalized spacial score (nSPS) is 14.0. The predicted molar refractivity (Wildman–Crippen MR) is 141 cm³/mol. The van der Waals surface area contributed by atoms with Gasteiger partial charge in [-0.2, -0.15) is 0 Å². The average Bonchev–Trinajstić information content (AvgIpc) is 2.98. The maximum atomic E-state index is 14.1. The summed E-state index contributed by atoms with van der Waals surface area (Å²) in [5.41, 5.74) is 1.08. The molecule has 5 rings (SSSR count). The first-order valence-electron chi connectivity index (χ1n) is 12.2. The van der Waals surface area contributed by atoms with Crippen molar-refractivity contribution < 1.29 is 18.6 Å². The highest BCUT2D eigenvalue weighted by atomic mass is 35.5. The lowest BCUT2D eigenvalue weighted by molar-refractivity contribution is 0.0688. The largest absolute Gasteiger partial charge is 0.485 e. The van der Waals surface area contributed by atoms with E-state index in [-0.39, 0.29) is 28.9 Å². The highest BCUT2D eigenvalue weighted by Gasteiger charge is 2.22. The molecule has 4 aromatic rings. The van der Waals surface area contributed by atoms with Gasteiger partial charge in [-0.3, -0.25) is 19.3 Å². The first-order chi connectivity index (χ1) is 18.6. The van der Waals surface area contributed by atoms with Crippen molar-refractivity contribution >= 4 is 11.6 Å². The Balaban J connectivity index is 1.59. The number of nitrogens with zero attached hydrogens (tertiary/aromatic N) is 5. The Kier molecular flexibility index (Phi) is 7.24. The molecule has 39 heavy (non-hydrogen) atoms. The molecular weight excluding hydrogens is 528 g/mol. The van der Waals surface area contributed by atoms with Crippen LogP contribution in [0.25, 0.3) is 17.1 Å². The number of pyridine rings is 3. The van der Waals surface area contributed by atoms with Gasteiger partial charge in [0.05, 0.1) is 23.3 Å². The minimum atomic E-state index is -1.25. The van der Waals surface area contributed by atoms with Gasteiger partial charge in [-0.05, 0) is 50.8 Å². The number of hydrogen-bond donors (Lipinski definition) is 1. The van der Waals surface area contributed by atoms with Crippen LogP contribution in [0.2, 0.25) is 5.02 Å². The van der Waals surface area contributed by atoms with Crippen LogP contribution in [0.3, 0.4) is 0 Å². The maximum Gasteiger partial charge on any atom is 0.277 e. The molecule has 8 nitrogen and oxygen atoms in total. The van der Waals surface area contributed by atoms with E-state index in [4.69, 9.17) is 16.3 Å². The zero-order chi connectivity index (χ0) is 27.7. The number of rotatable bonds is 5. The molecule has 0 spiro atoms. The third-order valence-corrected chi connectivity index (χ3v) is 6.53. The molecule has 1 aliphatic rings. The Bertz CT molecular complexity index is 1650. The van der Waals surface area contributed by atoms with Crippen LogP contribution in [0.1, 0.15) is 43.0 Å². The summed E-state index contributed by atoms with van der Waals surface area (Å²) in [4.78, 5) is 30.5. The minimum Gasteiger partial charge on any atom is -0.485 e. The zero-order valence-corrected chi connectivity index (χ0v) is 21.9. The van der Waals surface area contributed by atoms with Crippen molar-refractivity contribution in [2.75, 3.05) is 0 Å². The summed E-state index contributed by atoms with van der Waals surface area (Å²) in [5, 5.41) is 10.2. The molecule has 0 aromatic carbocycles. The third kappa shape index (κ3) is 5.57. The van der Waals surface area contributed by atoms with Crippen LogP contribution in [0.4, 0.5) is 8.78 Å². The van der Waals surface area contributed by atoms with Crippen molar-refractivity contribution in [2.45, 2.75) is 45.3 Å². The third-order valence-electron chi connectivity index (χ3n) is 6.18. The molecule has 0 fully saturated rings. The number of aryl methyl sites for hydroxylation is 1. The van der Waals surface area contributed by atoms with E-state index < -0.39 is 22.8 Å². The Morgan fingerprint density at radius 2 is 1.92 bits per heavy atom. The Morgan fingerprint density at radius 3 is 2.69 bits per heavy atom. The second kappa shape index (κ2) is 10.6. The minimum absolute atomic E-state index is 0.0723. The first-order valence-corrected chi connectivity index (χ1v) is 12.6. The van der Waals surface area contributed by atoms with Gasteiger partial charge in [0.25, 0.3) is 5.56 Å². The molecule has 0 atom stereocenters. The lowest BCUT2D eigenvalue weighted by Crippen LogP contribution is -2.24. The van der Waals surface area contributed by atoms with Gasteiger partial charge in [0, 0.05) is 30.2 Å². The fraction of sp³-hybridized carbons (Fsp3) is 0.250. The van der Waals surface area contributed by atoms with E-state index in [1.165, 1.54) is 4.57 Å². The molecule has 0 radical (unpaired) electrons. The zero-order valence-electron chi connectivity index (χ0n) is 21.2. The fourth-order valence-electron chi connectivity index (χ4n) is 4.20. The summed E-state index contributed by atoms with van der Waals surface area (Å²) in [6.07, 6.45) is 9.84. The molecule has 1 aliphatic heterocycles. The molecule has 0 saturated carbocycles. The van der Waals surface area contributed by atoms with E-state index in [1.807, 2.05) is 12.2 Å². The molecule has 0 unspecified atom stereocenters. The van der Waals surface area contributed by atoms with Crippen molar-refractivity contribution in [2.24, 2.45) is 0 Å². The molecular formula is C28H24ClF2N5O3. The highest BCUT2D eigenvalue weighted by Crippen LogP contribution is 2.29. The van der Waals surface area contributed by atoms with E-state index in [0.717, 1.165) is 11.8 Å². The number of aliphatic hydroxyl groups is 1. The first kappa shape index (κ1) is 26.6. The van der Waals surface area contributed by atoms with E-state index in [0.29, 0.717) is 48.1 Å². The van der Waals surface area contributed by atoms with E-state index >= 15 is 0 Å². The summed E-state index contributed by atoms with van der Waals surface area (Å²) in [5.74, 6) is -1.35. The van der Waals surface area contributed by atoms with E-state index in [2.05, 4.69) is 19.9 Å². The summed E-state index contributed by atoms with van der Waals surface area (Å²) >= 11 is 6.48. The molecule has 0 aliphatic carbocycles. The highest BCUT2D eigenvalue weighted by molar-refractivity contribution is 6.31. The SMILES string of the molecule is CC(C)(O)c1nccc(-c2cc3c(cn2)C/C=C\CCc2cc(OCc4ncc(F)cc4F)c(Cl)c(=O)n2-3)n1. The number of ether oxygens (including phenoxy) is 1. The smallest absolute Gasteiger partial charge is 0.277 e. The van der Waals surface area contributed by atoms with Gasteiger partial charge in [0.15, 0.2) is 11.6 Å². The van der Waals surface area contributed by atoms with Gasteiger partial charge in [-0.15, -0.1) is 0 Å². The predicted octanol–water partition coefficient (Wildman–Crippen LogP) is 4.87. The summed E-state index contributed by atoms with van der Waals surface area (Å²) < 4.78 is 34.5. The molecule has 0 bridgehead atoms. The Labute approximate surface area is 227 Å². The number of halogens is 3. The summed E-state index contributed by atoms with van der Waals surface area (Å²) in [6.45, 7) is 2.85. The Morgan fingerprint density at radius 1 is 1.10 bits per heavy atom. The van der Waals surface area contributed by atoms with E-state index in [9.17, 15) is 18.7 Å². The molecule has 11 heteroatoms. The molecule has 5 heterocycles. The number of fused-ring (bicyclic) bond motifs is 3. The summed E-state index contributed by atoms with van der Waals surface area (Å²) in [7, 11) is 0. The second-order valence-electron chi connectivity index (χ2n) is 9.56. The van der Waals surface area contributed by atoms with E-state index in [1.54, 1.807) is 44.4 Å². The second-order valence-corrected chi connectivity index (χ2v) is 9.94.